The topological polar surface area (TPSA) is 17.1 Å². The second-order valence-electron chi connectivity index (χ2n) is 2.89. The third kappa shape index (κ3) is 4.81. The average molecular weight is 250 g/mol. The SMILES string of the molecule is CC(=O)SCCC(F)C(F)(F)C(F)CF. The van der Waals surface area contributed by atoms with Crippen molar-refractivity contribution >= 4 is 16.9 Å². The quantitative estimate of drug-likeness (QED) is 0.674. The van der Waals surface area contributed by atoms with Crippen LogP contribution >= 0.6 is 11.8 Å². The van der Waals surface area contributed by atoms with Crippen LogP contribution in [0.4, 0.5) is 22.0 Å². The van der Waals surface area contributed by atoms with E-state index in [1.165, 1.54) is 6.92 Å². The Morgan fingerprint density at radius 2 is 1.87 bits per heavy atom. The van der Waals surface area contributed by atoms with Crippen molar-refractivity contribution < 1.29 is 26.7 Å². The van der Waals surface area contributed by atoms with Gasteiger partial charge in [-0.2, -0.15) is 0 Å². The van der Waals surface area contributed by atoms with Gasteiger partial charge in [-0.15, -0.1) is 0 Å². The van der Waals surface area contributed by atoms with Gasteiger partial charge >= 0.3 is 5.92 Å². The molecule has 0 amide bonds. The van der Waals surface area contributed by atoms with E-state index in [0.717, 1.165) is 0 Å². The fourth-order valence-corrected chi connectivity index (χ4v) is 1.41. The van der Waals surface area contributed by atoms with Gasteiger partial charge in [0.15, 0.2) is 17.5 Å². The molecule has 0 aliphatic carbocycles. The number of carbonyl (C=O) groups is 1. The smallest absolute Gasteiger partial charge is 0.288 e. The maximum atomic E-state index is 12.8. The largest absolute Gasteiger partial charge is 0.311 e. The fourth-order valence-electron chi connectivity index (χ4n) is 0.798. The zero-order valence-electron chi connectivity index (χ0n) is 7.98. The molecule has 2 unspecified atom stereocenters. The minimum atomic E-state index is -4.33. The highest BCUT2D eigenvalue weighted by Crippen LogP contribution is 2.31. The number of alkyl halides is 5. The van der Waals surface area contributed by atoms with E-state index in [4.69, 9.17) is 0 Å². The Labute approximate surface area is 88.4 Å². The van der Waals surface area contributed by atoms with Crippen molar-refractivity contribution in [2.24, 2.45) is 0 Å². The Morgan fingerprint density at radius 1 is 1.33 bits per heavy atom. The third-order valence-electron chi connectivity index (χ3n) is 1.65. The van der Waals surface area contributed by atoms with Gasteiger partial charge in [0.1, 0.15) is 6.67 Å². The van der Waals surface area contributed by atoms with E-state index < -0.39 is 31.4 Å². The highest BCUT2D eigenvalue weighted by Gasteiger charge is 2.48. The fraction of sp³-hybridized carbons (Fsp3) is 0.875. The summed E-state index contributed by atoms with van der Waals surface area (Å²) in [4.78, 5) is 10.4. The second kappa shape index (κ2) is 6.30. The Balaban J connectivity index is 4.07. The normalized spacial score (nSPS) is 16.1. The van der Waals surface area contributed by atoms with Crippen LogP contribution < -0.4 is 0 Å². The first-order valence-corrected chi connectivity index (χ1v) is 5.16. The zero-order chi connectivity index (χ0) is 12.1. The van der Waals surface area contributed by atoms with Crippen molar-refractivity contribution in [1.82, 2.24) is 0 Å². The van der Waals surface area contributed by atoms with Crippen molar-refractivity contribution in [2.45, 2.75) is 31.6 Å². The molecule has 1 nitrogen and oxygen atoms in total. The summed E-state index contributed by atoms with van der Waals surface area (Å²) < 4.78 is 62.0. The van der Waals surface area contributed by atoms with Crippen molar-refractivity contribution in [3.05, 3.63) is 0 Å². The summed E-state index contributed by atoms with van der Waals surface area (Å²) in [5.41, 5.74) is 0. The number of thioether (sulfide) groups is 1. The van der Waals surface area contributed by atoms with Crippen molar-refractivity contribution in [1.29, 1.82) is 0 Å². The molecule has 0 bridgehead atoms. The van der Waals surface area contributed by atoms with Gasteiger partial charge in [0.25, 0.3) is 0 Å². The van der Waals surface area contributed by atoms with Crippen LogP contribution in [0.2, 0.25) is 0 Å². The number of hydrogen-bond acceptors (Lipinski definition) is 2. The minimum Gasteiger partial charge on any atom is -0.288 e. The van der Waals surface area contributed by atoms with E-state index in [9.17, 15) is 26.7 Å². The highest BCUT2D eigenvalue weighted by molar-refractivity contribution is 8.13. The summed E-state index contributed by atoms with van der Waals surface area (Å²) in [6.07, 6.45) is -6.58. The molecule has 0 radical (unpaired) electrons. The monoisotopic (exact) mass is 250 g/mol. The zero-order valence-corrected chi connectivity index (χ0v) is 8.80. The van der Waals surface area contributed by atoms with Crippen molar-refractivity contribution in [3.63, 3.8) is 0 Å². The molecule has 0 spiro atoms. The van der Waals surface area contributed by atoms with Crippen molar-refractivity contribution in [3.8, 4) is 0 Å². The Hall–Kier alpha value is -0.330. The number of hydrogen-bond donors (Lipinski definition) is 0. The maximum Gasteiger partial charge on any atom is 0.311 e. The molecule has 0 saturated carbocycles. The van der Waals surface area contributed by atoms with Crippen LogP contribution in [0.3, 0.4) is 0 Å². The van der Waals surface area contributed by atoms with Crippen LogP contribution in [-0.2, 0) is 4.79 Å². The Morgan fingerprint density at radius 3 is 2.27 bits per heavy atom. The third-order valence-corrected chi connectivity index (χ3v) is 2.49. The van der Waals surface area contributed by atoms with E-state index in [-0.39, 0.29) is 10.9 Å². The minimum absolute atomic E-state index is 0.176. The lowest BCUT2D eigenvalue weighted by Crippen LogP contribution is -2.41. The summed E-state index contributed by atoms with van der Waals surface area (Å²) in [5.74, 6) is -4.50. The number of carbonyl (C=O) groups excluding carboxylic acids is 1. The highest BCUT2D eigenvalue weighted by atomic mass is 32.2. The second-order valence-corrected chi connectivity index (χ2v) is 4.16. The predicted octanol–water partition coefficient (Wildman–Crippen LogP) is 2.94. The summed E-state index contributed by atoms with van der Waals surface area (Å²) in [5, 5.41) is -0.340. The van der Waals surface area contributed by atoms with E-state index in [0.29, 0.717) is 11.8 Å². The molecule has 7 heteroatoms. The van der Waals surface area contributed by atoms with Crippen LogP contribution in [0.5, 0.6) is 0 Å². The molecule has 15 heavy (non-hydrogen) atoms. The Kier molecular flexibility index (Phi) is 6.16. The summed E-state index contributed by atoms with van der Waals surface area (Å²) in [6, 6.07) is 0. The molecule has 0 aromatic carbocycles. The molecule has 0 fully saturated rings. The lowest BCUT2D eigenvalue weighted by atomic mass is 10.1. The molecular formula is C8H11F5OS. The summed E-state index contributed by atoms with van der Waals surface area (Å²) in [6.45, 7) is -0.719. The van der Waals surface area contributed by atoms with Gasteiger partial charge < -0.3 is 0 Å². The van der Waals surface area contributed by atoms with E-state index in [1.54, 1.807) is 0 Å². The molecule has 0 aliphatic rings. The molecule has 2 atom stereocenters. The average Bonchev–Trinajstić information content (AvgIpc) is 2.15. The molecule has 0 aliphatic heterocycles. The Bertz CT molecular complexity index is 211. The van der Waals surface area contributed by atoms with E-state index in [1.807, 2.05) is 0 Å². The van der Waals surface area contributed by atoms with E-state index >= 15 is 0 Å². The first-order chi connectivity index (χ1) is 6.82. The van der Waals surface area contributed by atoms with Gasteiger partial charge in [-0.25, -0.2) is 22.0 Å². The molecular weight excluding hydrogens is 239 g/mol. The predicted molar refractivity (Wildman–Crippen MR) is 48.5 cm³/mol. The number of rotatable bonds is 6. The summed E-state index contributed by atoms with van der Waals surface area (Å²) in [7, 11) is 0. The standard InChI is InChI=1S/C8H11F5OS/c1-5(14)15-3-2-6(10)8(12,13)7(11)4-9/h6-7H,2-4H2,1H3. The molecule has 0 aromatic rings. The first kappa shape index (κ1) is 14.7. The van der Waals surface area contributed by atoms with Gasteiger partial charge in [0.2, 0.25) is 0 Å². The van der Waals surface area contributed by atoms with Crippen LogP contribution in [-0.4, -0.2) is 35.8 Å². The van der Waals surface area contributed by atoms with Gasteiger partial charge in [-0.05, 0) is 6.42 Å². The van der Waals surface area contributed by atoms with Crippen LogP contribution in [0.1, 0.15) is 13.3 Å². The molecule has 0 rings (SSSR count). The van der Waals surface area contributed by atoms with Gasteiger partial charge in [-0.3, -0.25) is 4.79 Å². The van der Waals surface area contributed by atoms with Gasteiger partial charge in [-0.1, -0.05) is 11.8 Å². The van der Waals surface area contributed by atoms with Gasteiger partial charge in [0.05, 0.1) is 0 Å². The molecule has 0 heterocycles. The maximum absolute atomic E-state index is 12.8. The lowest BCUT2D eigenvalue weighted by Gasteiger charge is -2.22. The first-order valence-electron chi connectivity index (χ1n) is 4.17. The van der Waals surface area contributed by atoms with Gasteiger partial charge in [0, 0.05) is 12.7 Å². The molecule has 0 saturated heterocycles. The van der Waals surface area contributed by atoms with Crippen LogP contribution in [0, 0.1) is 0 Å². The molecule has 0 N–H and O–H groups in total. The lowest BCUT2D eigenvalue weighted by molar-refractivity contribution is -0.132. The molecule has 0 aromatic heterocycles. The van der Waals surface area contributed by atoms with Crippen LogP contribution in [0.25, 0.3) is 0 Å². The van der Waals surface area contributed by atoms with Crippen molar-refractivity contribution in [2.75, 3.05) is 12.4 Å². The van der Waals surface area contributed by atoms with Crippen LogP contribution in [0.15, 0.2) is 0 Å². The summed E-state index contributed by atoms with van der Waals surface area (Å²) >= 11 is 0.667. The molecule has 90 valence electrons. The number of halogens is 5. The van der Waals surface area contributed by atoms with E-state index in [2.05, 4.69) is 0 Å².